The normalized spacial score (nSPS) is 17.7. The van der Waals surface area contributed by atoms with Crippen molar-refractivity contribution < 1.29 is 39.5 Å². The van der Waals surface area contributed by atoms with Crippen molar-refractivity contribution in [2.75, 3.05) is 0 Å². The van der Waals surface area contributed by atoms with Gasteiger partial charge in [-0.2, -0.15) is 0 Å². The van der Waals surface area contributed by atoms with Crippen molar-refractivity contribution in [3.05, 3.63) is 23.8 Å². The van der Waals surface area contributed by atoms with Crippen LogP contribution in [0.2, 0.25) is 0 Å². The van der Waals surface area contributed by atoms with E-state index in [2.05, 4.69) is 0 Å². The minimum absolute atomic E-state index is 0. The van der Waals surface area contributed by atoms with Crippen molar-refractivity contribution in [3.8, 4) is 0 Å². The van der Waals surface area contributed by atoms with E-state index in [1.165, 1.54) is 37.7 Å². The van der Waals surface area contributed by atoms with Gasteiger partial charge in [0.25, 0.3) is 0 Å². The van der Waals surface area contributed by atoms with Crippen LogP contribution in [0, 0.1) is 0 Å². The Bertz CT molecular complexity index is 234. The van der Waals surface area contributed by atoms with E-state index in [0.717, 1.165) is 18.9 Å². The smallest absolute Gasteiger partial charge is 0.545 e. The third-order valence-electron chi connectivity index (χ3n) is 2.56. The van der Waals surface area contributed by atoms with Gasteiger partial charge in [-0.3, -0.25) is 0 Å². The molecule has 0 radical (unpaired) electrons. The van der Waals surface area contributed by atoms with Crippen LogP contribution in [-0.4, -0.2) is 5.97 Å². The third-order valence-corrected chi connectivity index (χ3v) is 2.56. The number of carboxylic acid groups (broad SMARTS) is 1. The molecule has 0 atom stereocenters. The third kappa shape index (κ3) is 7.83. The Morgan fingerprint density at radius 3 is 2.13 bits per heavy atom. The summed E-state index contributed by atoms with van der Waals surface area (Å²) in [6.45, 7) is 0. The molecule has 15 heavy (non-hydrogen) atoms. The van der Waals surface area contributed by atoms with Crippen LogP contribution in [0.25, 0.3) is 0 Å². The van der Waals surface area contributed by atoms with Crippen molar-refractivity contribution in [2.24, 2.45) is 0 Å². The fourth-order valence-electron chi connectivity index (χ4n) is 1.79. The molecule has 1 fully saturated rings. The average molecular weight is 216 g/mol. The number of hydrogen-bond acceptors (Lipinski definition) is 2. The van der Waals surface area contributed by atoms with E-state index < -0.39 is 5.97 Å². The maximum atomic E-state index is 10.1. The summed E-state index contributed by atoms with van der Waals surface area (Å²) in [7, 11) is 0. The largest absolute Gasteiger partial charge is 1.00 e. The first-order valence-corrected chi connectivity index (χ1v) is 5.36. The van der Waals surface area contributed by atoms with Gasteiger partial charge in [-0.25, -0.2) is 0 Å². The summed E-state index contributed by atoms with van der Waals surface area (Å²) in [6, 6.07) is 0. The van der Waals surface area contributed by atoms with Gasteiger partial charge in [-0.1, -0.05) is 37.0 Å². The topological polar surface area (TPSA) is 40.1 Å². The summed E-state index contributed by atoms with van der Waals surface area (Å²) in [5.74, 6) is -1.12. The predicted molar refractivity (Wildman–Crippen MR) is 54.5 cm³/mol. The molecular formula is C12H17NaO2. The van der Waals surface area contributed by atoms with Crippen LogP contribution in [0.4, 0.5) is 0 Å². The minimum atomic E-state index is -1.12. The Morgan fingerprint density at radius 2 is 1.60 bits per heavy atom. The second kappa shape index (κ2) is 9.20. The molecule has 0 aromatic heterocycles. The first-order chi connectivity index (χ1) is 6.79. The van der Waals surface area contributed by atoms with E-state index in [1.54, 1.807) is 6.08 Å². The number of hydrogen-bond donors (Lipinski definition) is 0. The number of allylic oxidation sites excluding steroid dienone is 3. The average Bonchev–Trinajstić information content (AvgIpc) is 2.07. The molecule has 3 heteroatoms. The van der Waals surface area contributed by atoms with E-state index in [0.29, 0.717) is 0 Å². The van der Waals surface area contributed by atoms with Gasteiger partial charge in [0.15, 0.2) is 0 Å². The van der Waals surface area contributed by atoms with Crippen LogP contribution in [0.1, 0.15) is 44.9 Å². The summed E-state index contributed by atoms with van der Waals surface area (Å²) in [6.07, 6.45) is 13.3. The van der Waals surface area contributed by atoms with E-state index >= 15 is 0 Å². The van der Waals surface area contributed by atoms with Gasteiger partial charge in [-0.05, 0) is 31.8 Å². The maximum absolute atomic E-state index is 10.1. The molecule has 0 bridgehead atoms. The standard InChI is InChI=1S/C12H18O2.Na/c13-12(14)10-6-9-11-7-4-2-1-3-5-8-11;/h6,9-10H,1-5,7-8H2,(H,13,14);/q;+1/p-1/b10-6+;. The zero-order valence-corrected chi connectivity index (χ0v) is 11.5. The molecule has 1 saturated carbocycles. The molecule has 0 unspecified atom stereocenters. The Labute approximate surface area is 114 Å². The van der Waals surface area contributed by atoms with Crippen LogP contribution in [0.3, 0.4) is 0 Å². The Kier molecular flexibility index (Phi) is 9.17. The molecule has 0 N–H and O–H groups in total. The van der Waals surface area contributed by atoms with Gasteiger partial charge < -0.3 is 9.90 Å². The molecular weight excluding hydrogens is 199 g/mol. The van der Waals surface area contributed by atoms with Gasteiger partial charge in [0.1, 0.15) is 0 Å². The number of carbonyl (C=O) groups is 1. The Balaban J connectivity index is 0.00000196. The van der Waals surface area contributed by atoms with Gasteiger partial charge >= 0.3 is 29.6 Å². The number of carbonyl (C=O) groups excluding carboxylic acids is 1. The quantitative estimate of drug-likeness (QED) is 0.437. The number of rotatable bonds is 2. The molecule has 78 valence electrons. The van der Waals surface area contributed by atoms with E-state index in [9.17, 15) is 9.90 Å². The SMILES string of the molecule is O=C([O-])/C=C/C=C1CCCCCCC1.[Na+]. The van der Waals surface area contributed by atoms with Gasteiger partial charge in [0, 0.05) is 0 Å². The van der Waals surface area contributed by atoms with Gasteiger partial charge in [0.05, 0.1) is 5.97 Å². The zero-order chi connectivity index (χ0) is 10.2. The molecule has 0 aromatic carbocycles. The molecule has 0 aromatic rings. The maximum Gasteiger partial charge on any atom is 1.00 e. The number of carboxylic acids is 1. The van der Waals surface area contributed by atoms with Crippen molar-refractivity contribution in [3.63, 3.8) is 0 Å². The minimum Gasteiger partial charge on any atom is -0.545 e. The molecule has 1 rings (SSSR count). The molecule has 0 aliphatic heterocycles. The Morgan fingerprint density at radius 1 is 1.07 bits per heavy atom. The van der Waals surface area contributed by atoms with Gasteiger partial charge in [0.2, 0.25) is 0 Å². The summed E-state index contributed by atoms with van der Waals surface area (Å²) in [5.41, 5.74) is 1.38. The Hall–Kier alpha value is -0.0500. The molecule has 0 amide bonds. The van der Waals surface area contributed by atoms with Crippen molar-refractivity contribution >= 4 is 5.97 Å². The van der Waals surface area contributed by atoms with E-state index in [1.807, 2.05) is 6.08 Å². The molecule has 1 aliphatic rings. The van der Waals surface area contributed by atoms with Crippen LogP contribution in [0.15, 0.2) is 23.8 Å². The van der Waals surface area contributed by atoms with Crippen molar-refractivity contribution in [1.82, 2.24) is 0 Å². The second-order valence-corrected chi connectivity index (χ2v) is 3.77. The summed E-state index contributed by atoms with van der Waals surface area (Å²) in [4.78, 5) is 10.1. The van der Waals surface area contributed by atoms with Crippen LogP contribution >= 0.6 is 0 Å². The number of aliphatic carboxylic acids is 1. The van der Waals surface area contributed by atoms with Crippen LogP contribution in [0.5, 0.6) is 0 Å². The van der Waals surface area contributed by atoms with E-state index in [4.69, 9.17) is 0 Å². The summed E-state index contributed by atoms with van der Waals surface area (Å²) >= 11 is 0. The first kappa shape index (κ1) is 14.9. The van der Waals surface area contributed by atoms with Crippen molar-refractivity contribution in [1.29, 1.82) is 0 Å². The van der Waals surface area contributed by atoms with Gasteiger partial charge in [-0.15, -0.1) is 0 Å². The summed E-state index contributed by atoms with van der Waals surface area (Å²) in [5, 5.41) is 10.1. The van der Waals surface area contributed by atoms with Crippen LogP contribution in [-0.2, 0) is 4.79 Å². The molecule has 0 saturated heterocycles. The van der Waals surface area contributed by atoms with Crippen LogP contribution < -0.4 is 34.7 Å². The fourth-order valence-corrected chi connectivity index (χ4v) is 1.79. The summed E-state index contributed by atoms with van der Waals surface area (Å²) < 4.78 is 0. The molecule has 2 nitrogen and oxygen atoms in total. The molecule has 0 spiro atoms. The van der Waals surface area contributed by atoms with Crippen molar-refractivity contribution in [2.45, 2.75) is 44.9 Å². The molecule has 1 aliphatic carbocycles. The predicted octanol–water partition coefficient (Wildman–Crippen LogP) is -1.03. The molecule has 0 heterocycles. The van der Waals surface area contributed by atoms with E-state index in [-0.39, 0.29) is 29.6 Å². The monoisotopic (exact) mass is 216 g/mol. The zero-order valence-electron chi connectivity index (χ0n) is 9.50. The first-order valence-electron chi connectivity index (χ1n) is 5.36. The second-order valence-electron chi connectivity index (χ2n) is 3.77. The fraction of sp³-hybridized carbons (Fsp3) is 0.583.